The Morgan fingerprint density at radius 3 is 2.87 bits per heavy atom. The van der Waals surface area contributed by atoms with E-state index >= 15 is 0 Å². The van der Waals surface area contributed by atoms with Crippen molar-refractivity contribution < 1.29 is 9.59 Å². The lowest BCUT2D eigenvalue weighted by molar-refractivity contribution is -0.113. The van der Waals surface area contributed by atoms with Gasteiger partial charge >= 0.3 is 0 Å². The van der Waals surface area contributed by atoms with Gasteiger partial charge in [-0.1, -0.05) is 6.07 Å². The van der Waals surface area contributed by atoms with Crippen molar-refractivity contribution in [2.75, 3.05) is 24.2 Å². The lowest BCUT2D eigenvalue weighted by Crippen LogP contribution is -2.28. The third-order valence-corrected chi connectivity index (χ3v) is 6.79. The molecule has 3 aromatic rings. The third-order valence-electron chi connectivity index (χ3n) is 5.07. The van der Waals surface area contributed by atoms with Crippen LogP contribution in [-0.2, 0) is 10.5 Å². The summed E-state index contributed by atoms with van der Waals surface area (Å²) in [5.41, 5.74) is 2.62. The normalized spacial score (nSPS) is 13.7. The Labute approximate surface area is 182 Å². The summed E-state index contributed by atoms with van der Waals surface area (Å²) in [7, 11) is 0. The van der Waals surface area contributed by atoms with Crippen LogP contribution in [0.1, 0.15) is 34.5 Å². The fourth-order valence-electron chi connectivity index (χ4n) is 3.49. The van der Waals surface area contributed by atoms with Gasteiger partial charge in [-0.3, -0.25) is 18.8 Å². The zero-order valence-electron chi connectivity index (χ0n) is 16.6. The number of anilines is 1. The van der Waals surface area contributed by atoms with Gasteiger partial charge in [0.15, 0.2) is 4.96 Å². The van der Waals surface area contributed by atoms with Gasteiger partial charge in [-0.2, -0.15) is 0 Å². The highest BCUT2D eigenvalue weighted by Crippen LogP contribution is 2.23. The van der Waals surface area contributed by atoms with Crippen molar-refractivity contribution in [1.82, 2.24) is 14.3 Å². The number of nitrogens with one attached hydrogen (secondary N) is 1. The van der Waals surface area contributed by atoms with E-state index < -0.39 is 0 Å². The van der Waals surface area contributed by atoms with Gasteiger partial charge in [0.2, 0.25) is 5.91 Å². The first-order valence-electron chi connectivity index (χ1n) is 9.75. The number of hydrogen-bond acceptors (Lipinski definition) is 6. The second-order valence-corrected chi connectivity index (χ2v) is 9.02. The minimum Gasteiger partial charge on any atom is -0.339 e. The Balaban J connectivity index is 1.36. The number of thiazole rings is 1. The summed E-state index contributed by atoms with van der Waals surface area (Å²) >= 11 is 2.80. The first-order valence-corrected chi connectivity index (χ1v) is 11.8. The maximum absolute atomic E-state index is 12.7. The van der Waals surface area contributed by atoms with E-state index in [1.807, 2.05) is 29.3 Å². The molecule has 156 valence electrons. The molecule has 0 spiro atoms. The number of aromatic nitrogens is 2. The summed E-state index contributed by atoms with van der Waals surface area (Å²) in [5, 5.41) is 4.72. The summed E-state index contributed by atoms with van der Waals surface area (Å²) in [4.78, 5) is 44.1. The summed E-state index contributed by atoms with van der Waals surface area (Å²) < 4.78 is 1.50. The summed E-state index contributed by atoms with van der Waals surface area (Å²) in [6, 6.07) is 6.92. The molecule has 4 rings (SSSR count). The highest BCUT2D eigenvalue weighted by molar-refractivity contribution is 7.99. The molecule has 1 N–H and O–H groups in total. The highest BCUT2D eigenvalue weighted by Gasteiger charge is 2.22. The molecule has 2 amide bonds. The molecule has 0 unspecified atom stereocenters. The van der Waals surface area contributed by atoms with Crippen molar-refractivity contribution in [3.8, 4) is 0 Å². The van der Waals surface area contributed by atoms with Gasteiger partial charge in [0, 0.05) is 47.7 Å². The molecule has 0 atom stereocenters. The molecular weight excluding hydrogens is 420 g/mol. The van der Waals surface area contributed by atoms with Crippen molar-refractivity contribution >= 4 is 45.6 Å². The Hall–Kier alpha value is -2.65. The quantitative estimate of drug-likeness (QED) is 0.634. The number of rotatable bonds is 6. The third kappa shape index (κ3) is 4.41. The maximum Gasteiger partial charge on any atom is 0.258 e. The first kappa shape index (κ1) is 20.6. The second-order valence-electron chi connectivity index (χ2n) is 7.16. The van der Waals surface area contributed by atoms with Gasteiger partial charge < -0.3 is 10.2 Å². The van der Waals surface area contributed by atoms with Crippen LogP contribution in [0.4, 0.5) is 5.69 Å². The molecule has 9 heteroatoms. The molecule has 3 heterocycles. The van der Waals surface area contributed by atoms with E-state index in [4.69, 9.17) is 0 Å². The predicted molar refractivity (Wildman–Crippen MR) is 120 cm³/mol. The van der Waals surface area contributed by atoms with Crippen molar-refractivity contribution in [3.63, 3.8) is 0 Å². The van der Waals surface area contributed by atoms with Crippen LogP contribution in [0.5, 0.6) is 0 Å². The average molecular weight is 443 g/mol. The Bertz CT molecular complexity index is 1150. The number of benzene rings is 1. The molecule has 1 fully saturated rings. The highest BCUT2D eigenvalue weighted by atomic mass is 32.2. The fraction of sp³-hybridized carbons (Fsp3) is 0.333. The lowest BCUT2D eigenvalue weighted by Gasteiger charge is -2.18. The zero-order chi connectivity index (χ0) is 21.1. The van der Waals surface area contributed by atoms with Gasteiger partial charge in [0.25, 0.3) is 11.5 Å². The summed E-state index contributed by atoms with van der Waals surface area (Å²) in [5.74, 6) is 0.582. The molecule has 0 aliphatic carbocycles. The van der Waals surface area contributed by atoms with E-state index in [2.05, 4.69) is 10.3 Å². The SMILES string of the molecule is Cc1c(NC(=O)CSCc2cc(=O)n3ccsc3n2)cccc1C(=O)N1CCCC1. The van der Waals surface area contributed by atoms with E-state index in [9.17, 15) is 14.4 Å². The second kappa shape index (κ2) is 9.01. The van der Waals surface area contributed by atoms with Gasteiger partial charge in [-0.25, -0.2) is 4.98 Å². The van der Waals surface area contributed by atoms with Gasteiger partial charge in [0.1, 0.15) is 0 Å². The molecular formula is C21H22N4O3S2. The lowest BCUT2D eigenvalue weighted by atomic mass is 10.1. The molecule has 1 saturated heterocycles. The standard InChI is InChI=1S/C21H22N4O3S2/c1-14-16(20(28)24-7-2-3-8-24)5-4-6-17(14)23-18(26)13-29-12-15-11-19(27)25-9-10-30-21(25)22-15/h4-6,9-11H,2-3,7-8,12-13H2,1H3,(H,23,26). The molecule has 0 radical (unpaired) electrons. The van der Waals surface area contributed by atoms with Crippen LogP contribution >= 0.6 is 23.1 Å². The van der Waals surface area contributed by atoms with Crippen LogP contribution < -0.4 is 10.9 Å². The van der Waals surface area contributed by atoms with Crippen LogP contribution in [-0.4, -0.2) is 44.9 Å². The fourth-order valence-corrected chi connectivity index (χ4v) is 4.94. The number of fused-ring (bicyclic) bond motifs is 1. The van der Waals surface area contributed by atoms with E-state index in [-0.39, 0.29) is 23.1 Å². The van der Waals surface area contributed by atoms with Crippen molar-refractivity contribution in [2.24, 2.45) is 0 Å². The van der Waals surface area contributed by atoms with E-state index in [1.165, 1.54) is 33.6 Å². The monoisotopic (exact) mass is 442 g/mol. The zero-order valence-corrected chi connectivity index (χ0v) is 18.2. The first-order chi connectivity index (χ1) is 14.5. The van der Waals surface area contributed by atoms with E-state index in [1.54, 1.807) is 12.3 Å². The minimum absolute atomic E-state index is 0.0248. The van der Waals surface area contributed by atoms with Crippen LogP contribution in [0, 0.1) is 6.92 Å². The molecule has 1 aliphatic heterocycles. The Kier molecular flexibility index (Phi) is 6.19. The van der Waals surface area contributed by atoms with E-state index in [0.717, 1.165) is 31.5 Å². The van der Waals surface area contributed by atoms with Gasteiger partial charge in [0.05, 0.1) is 11.4 Å². The van der Waals surface area contributed by atoms with Gasteiger partial charge in [-0.15, -0.1) is 23.1 Å². The number of carbonyl (C=O) groups excluding carboxylic acids is 2. The number of thioether (sulfide) groups is 1. The van der Waals surface area contributed by atoms with Crippen LogP contribution in [0.25, 0.3) is 4.96 Å². The van der Waals surface area contributed by atoms with Crippen molar-refractivity contribution in [1.29, 1.82) is 0 Å². The molecule has 7 nitrogen and oxygen atoms in total. The largest absolute Gasteiger partial charge is 0.339 e. The number of hydrogen-bond donors (Lipinski definition) is 1. The Morgan fingerprint density at radius 2 is 2.07 bits per heavy atom. The molecule has 0 saturated carbocycles. The smallest absolute Gasteiger partial charge is 0.258 e. The minimum atomic E-state index is -0.150. The van der Waals surface area contributed by atoms with Crippen LogP contribution in [0.3, 0.4) is 0 Å². The molecule has 1 aromatic carbocycles. The number of nitrogens with zero attached hydrogens (tertiary/aromatic N) is 3. The average Bonchev–Trinajstić information content (AvgIpc) is 3.41. The van der Waals surface area contributed by atoms with Crippen molar-refractivity contribution in [2.45, 2.75) is 25.5 Å². The Morgan fingerprint density at radius 1 is 1.27 bits per heavy atom. The number of amides is 2. The molecule has 30 heavy (non-hydrogen) atoms. The maximum atomic E-state index is 12.7. The predicted octanol–water partition coefficient (Wildman–Crippen LogP) is 3.17. The van der Waals surface area contributed by atoms with Crippen molar-refractivity contribution in [3.05, 3.63) is 63.0 Å². The molecule has 2 aromatic heterocycles. The molecule has 1 aliphatic rings. The molecule has 0 bridgehead atoms. The van der Waals surface area contributed by atoms with Crippen LogP contribution in [0.15, 0.2) is 40.6 Å². The summed E-state index contributed by atoms with van der Waals surface area (Å²) in [6.07, 6.45) is 3.78. The van der Waals surface area contributed by atoms with Crippen LogP contribution in [0.2, 0.25) is 0 Å². The van der Waals surface area contributed by atoms with Gasteiger partial charge in [-0.05, 0) is 37.5 Å². The summed E-state index contributed by atoms with van der Waals surface area (Å²) in [6.45, 7) is 3.44. The number of carbonyl (C=O) groups is 2. The van der Waals surface area contributed by atoms with E-state index in [0.29, 0.717) is 27.7 Å². The number of likely N-dealkylation sites (tertiary alicyclic amines) is 1. The topological polar surface area (TPSA) is 83.8 Å².